The van der Waals surface area contributed by atoms with Crippen molar-refractivity contribution in [3.05, 3.63) is 108 Å². The van der Waals surface area contributed by atoms with Gasteiger partial charge in [0.15, 0.2) is 0 Å². The van der Waals surface area contributed by atoms with Gasteiger partial charge >= 0.3 is 0 Å². The van der Waals surface area contributed by atoms with Crippen LogP contribution in [-0.2, 0) is 34.0 Å². The fourth-order valence-corrected chi connectivity index (χ4v) is 3.43. The smallest absolute Gasteiger partial charge is 0.115 e. The second kappa shape index (κ2) is 13.1. The van der Waals surface area contributed by atoms with Crippen LogP contribution in [0.25, 0.3) is 0 Å². The highest BCUT2D eigenvalue weighted by Crippen LogP contribution is 2.18. The van der Waals surface area contributed by atoms with E-state index in [0.29, 0.717) is 19.8 Å². The van der Waals surface area contributed by atoms with Crippen LogP contribution in [0.1, 0.15) is 23.6 Å². The molecule has 4 atom stereocenters. The molecular formula is C27H32O5. The van der Waals surface area contributed by atoms with Gasteiger partial charge in [-0.3, -0.25) is 0 Å². The topological polar surface area (TPSA) is 68.2 Å². The minimum atomic E-state index is -0.974. The first-order chi connectivity index (χ1) is 15.6. The quantitative estimate of drug-likeness (QED) is 0.422. The van der Waals surface area contributed by atoms with Crippen LogP contribution in [0.4, 0.5) is 0 Å². The number of hydrogen-bond donors (Lipinski definition) is 2. The molecule has 0 fully saturated rings. The second-order valence-corrected chi connectivity index (χ2v) is 7.83. The monoisotopic (exact) mass is 436 g/mol. The Balaban J connectivity index is 1.66. The van der Waals surface area contributed by atoms with Gasteiger partial charge in [0.05, 0.1) is 32.5 Å². The van der Waals surface area contributed by atoms with Gasteiger partial charge in [-0.1, -0.05) is 91.0 Å². The van der Waals surface area contributed by atoms with Crippen molar-refractivity contribution in [2.75, 3.05) is 6.61 Å². The molecule has 0 aliphatic heterocycles. The Hall–Kier alpha value is -2.54. The highest BCUT2D eigenvalue weighted by Gasteiger charge is 2.34. The second-order valence-electron chi connectivity index (χ2n) is 7.83. The number of benzene rings is 3. The Labute approximate surface area is 190 Å². The van der Waals surface area contributed by atoms with Crippen LogP contribution in [0.5, 0.6) is 0 Å². The Morgan fingerprint density at radius 2 is 1.00 bits per heavy atom. The Kier molecular flexibility index (Phi) is 9.88. The number of aliphatic hydroxyl groups excluding tert-OH is 2. The summed E-state index contributed by atoms with van der Waals surface area (Å²) >= 11 is 0. The number of ether oxygens (including phenoxy) is 3. The van der Waals surface area contributed by atoms with Crippen LogP contribution in [0.3, 0.4) is 0 Å². The molecule has 2 N–H and O–H groups in total. The number of rotatable bonds is 13. The molecule has 0 saturated carbocycles. The van der Waals surface area contributed by atoms with Crippen molar-refractivity contribution >= 4 is 0 Å². The molecule has 0 bridgehead atoms. The zero-order chi connectivity index (χ0) is 22.6. The van der Waals surface area contributed by atoms with E-state index in [9.17, 15) is 10.2 Å². The molecule has 5 heteroatoms. The van der Waals surface area contributed by atoms with E-state index >= 15 is 0 Å². The lowest BCUT2D eigenvalue weighted by Gasteiger charge is -2.33. The molecule has 5 nitrogen and oxygen atoms in total. The van der Waals surface area contributed by atoms with E-state index < -0.39 is 24.4 Å². The van der Waals surface area contributed by atoms with Gasteiger partial charge in [0.1, 0.15) is 18.3 Å². The predicted molar refractivity (Wildman–Crippen MR) is 124 cm³/mol. The molecule has 3 rings (SSSR count). The van der Waals surface area contributed by atoms with Gasteiger partial charge in [0.25, 0.3) is 0 Å². The van der Waals surface area contributed by atoms with Gasteiger partial charge < -0.3 is 24.4 Å². The average molecular weight is 437 g/mol. The van der Waals surface area contributed by atoms with E-state index in [0.717, 1.165) is 16.7 Å². The largest absolute Gasteiger partial charge is 0.391 e. The lowest BCUT2D eigenvalue weighted by Crippen LogP contribution is -2.48. The average Bonchev–Trinajstić information content (AvgIpc) is 2.83. The van der Waals surface area contributed by atoms with Crippen molar-refractivity contribution in [3.8, 4) is 0 Å². The SMILES string of the molecule is CC(O)C(OCc1ccccc1)C(OCc1ccccc1)C(O)COCc1ccccc1. The third-order valence-corrected chi connectivity index (χ3v) is 5.15. The van der Waals surface area contributed by atoms with Gasteiger partial charge in [-0.25, -0.2) is 0 Å². The first-order valence-electron chi connectivity index (χ1n) is 10.9. The van der Waals surface area contributed by atoms with Gasteiger partial charge in [-0.05, 0) is 23.6 Å². The van der Waals surface area contributed by atoms with E-state index in [1.165, 1.54) is 0 Å². The van der Waals surface area contributed by atoms with Crippen molar-refractivity contribution < 1.29 is 24.4 Å². The lowest BCUT2D eigenvalue weighted by molar-refractivity contribution is -0.173. The molecular weight excluding hydrogens is 404 g/mol. The molecule has 3 aromatic rings. The van der Waals surface area contributed by atoms with Crippen molar-refractivity contribution in [1.82, 2.24) is 0 Å². The molecule has 0 aliphatic carbocycles. The fourth-order valence-electron chi connectivity index (χ4n) is 3.43. The number of hydrogen-bond acceptors (Lipinski definition) is 5. The maximum absolute atomic E-state index is 10.9. The molecule has 0 amide bonds. The first-order valence-corrected chi connectivity index (χ1v) is 10.9. The Morgan fingerprint density at radius 3 is 1.44 bits per heavy atom. The molecule has 0 saturated heterocycles. The molecule has 0 radical (unpaired) electrons. The summed E-state index contributed by atoms with van der Waals surface area (Å²) in [4.78, 5) is 0. The van der Waals surface area contributed by atoms with E-state index in [-0.39, 0.29) is 6.61 Å². The predicted octanol–water partition coefficient (Wildman–Crippen LogP) is 4.12. The van der Waals surface area contributed by atoms with E-state index in [2.05, 4.69) is 0 Å². The van der Waals surface area contributed by atoms with Crippen molar-refractivity contribution in [2.45, 2.75) is 51.2 Å². The normalized spacial score (nSPS) is 15.1. The molecule has 0 aliphatic rings. The van der Waals surface area contributed by atoms with Crippen LogP contribution < -0.4 is 0 Å². The summed E-state index contributed by atoms with van der Waals surface area (Å²) in [6.45, 7) is 2.68. The number of aliphatic hydroxyl groups is 2. The van der Waals surface area contributed by atoms with E-state index in [4.69, 9.17) is 14.2 Å². The summed E-state index contributed by atoms with van der Waals surface area (Å²) in [5.41, 5.74) is 2.98. The highest BCUT2D eigenvalue weighted by atomic mass is 16.6. The zero-order valence-corrected chi connectivity index (χ0v) is 18.4. The van der Waals surface area contributed by atoms with Gasteiger partial charge in [-0.2, -0.15) is 0 Å². The Morgan fingerprint density at radius 1 is 0.594 bits per heavy atom. The summed E-state index contributed by atoms with van der Waals surface area (Å²) in [5, 5.41) is 21.4. The maximum atomic E-state index is 10.9. The third-order valence-electron chi connectivity index (χ3n) is 5.15. The van der Waals surface area contributed by atoms with Gasteiger partial charge in [-0.15, -0.1) is 0 Å². The zero-order valence-electron chi connectivity index (χ0n) is 18.4. The summed E-state index contributed by atoms with van der Waals surface area (Å²) < 4.78 is 17.9. The van der Waals surface area contributed by atoms with Crippen LogP contribution in [0, 0.1) is 0 Å². The van der Waals surface area contributed by atoms with Crippen LogP contribution in [0.15, 0.2) is 91.0 Å². The minimum Gasteiger partial charge on any atom is -0.391 e. The van der Waals surface area contributed by atoms with E-state index in [1.807, 2.05) is 91.0 Å². The highest BCUT2D eigenvalue weighted by molar-refractivity contribution is 5.15. The minimum absolute atomic E-state index is 0.0618. The van der Waals surface area contributed by atoms with Crippen LogP contribution in [0.2, 0.25) is 0 Å². The molecule has 0 aromatic heterocycles. The van der Waals surface area contributed by atoms with Gasteiger partial charge in [0.2, 0.25) is 0 Å². The molecule has 4 unspecified atom stereocenters. The summed E-state index contributed by atoms with van der Waals surface area (Å²) in [5.74, 6) is 0. The molecule has 0 heterocycles. The van der Waals surface area contributed by atoms with Crippen LogP contribution in [-0.4, -0.2) is 41.2 Å². The molecule has 3 aromatic carbocycles. The van der Waals surface area contributed by atoms with Crippen LogP contribution >= 0.6 is 0 Å². The van der Waals surface area contributed by atoms with Crippen molar-refractivity contribution in [3.63, 3.8) is 0 Å². The molecule has 0 spiro atoms. The molecule has 32 heavy (non-hydrogen) atoms. The Bertz CT molecular complexity index is 870. The third kappa shape index (κ3) is 7.86. The first kappa shape index (κ1) is 24.1. The maximum Gasteiger partial charge on any atom is 0.115 e. The van der Waals surface area contributed by atoms with Crippen molar-refractivity contribution in [2.24, 2.45) is 0 Å². The summed E-state index contributed by atoms with van der Waals surface area (Å²) in [6, 6.07) is 29.2. The summed E-state index contributed by atoms with van der Waals surface area (Å²) in [6.07, 6.45) is -3.31. The standard InChI is InChI=1S/C27H32O5/c1-21(28)26(31-18-23-13-7-3-8-14-23)27(32-19-24-15-9-4-10-16-24)25(29)20-30-17-22-11-5-2-6-12-22/h2-16,21,25-29H,17-20H2,1H3. The van der Waals surface area contributed by atoms with E-state index in [1.54, 1.807) is 6.92 Å². The fraction of sp³-hybridized carbons (Fsp3) is 0.333. The lowest BCUT2D eigenvalue weighted by atomic mass is 10.0. The van der Waals surface area contributed by atoms with Crippen molar-refractivity contribution in [1.29, 1.82) is 0 Å². The summed E-state index contributed by atoms with van der Waals surface area (Å²) in [7, 11) is 0. The molecule has 170 valence electrons. The van der Waals surface area contributed by atoms with Gasteiger partial charge in [0, 0.05) is 0 Å².